The summed E-state index contributed by atoms with van der Waals surface area (Å²) in [5.74, 6) is -1.71. The molecule has 0 aliphatic heterocycles. The van der Waals surface area contributed by atoms with Gasteiger partial charge in [-0.1, -0.05) is 0 Å². The second-order valence-corrected chi connectivity index (χ2v) is 5.92. The smallest absolute Gasteiger partial charge is 0.343 e. The van der Waals surface area contributed by atoms with Gasteiger partial charge in [0.2, 0.25) is 11.6 Å². The summed E-state index contributed by atoms with van der Waals surface area (Å²) in [6.45, 7) is 3.87. The van der Waals surface area contributed by atoms with E-state index in [1.165, 1.54) is 30.9 Å². The van der Waals surface area contributed by atoms with Crippen molar-refractivity contribution in [2.75, 3.05) is 27.3 Å². The third kappa shape index (κ3) is 8.17. The maximum absolute atomic E-state index is 12.0. The number of ether oxygens (including phenoxy) is 2. The third-order valence-corrected chi connectivity index (χ3v) is 3.28. The molecule has 0 aliphatic carbocycles. The minimum absolute atomic E-state index is 0.0493. The summed E-state index contributed by atoms with van der Waals surface area (Å²) in [6, 6.07) is 6.21. The molecule has 30 heavy (non-hydrogen) atoms. The van der Waals surface area contributed by atoms with Gasteiger partial charge in [0.1, 0.15) is 12.0 Å². The van der Waals surface area contributed by atoms with E-state index in [0.717, 1.165) is 0 Å². The average Bonchev–Trinajstić information content (AvgIpc) is 3.40. The quantitative estimate of drug-likeness (QED) is 0.199. The summed E-state index contributed by atoms with van der Waals surface area (Å²) in [5.41, 5.74) is -0.0493. The van der Waals surface area contributed by atoms with Crippen molar-refractivity contribution in [1.29, 1.82) is 0 Å². The van der Waals surface area contributed by atoms with Crippen LogP contribution in [0.1, 0.15) is 41.4 Å². The van der Waals surface area contributed by atoms with Crippen LogP contribution in [0.4, 0.5) is 0 Å². The Morgan fingerprint density at radius 2 is 1.50 bits per heavy atom. The van der Waals surface area contributed by atoms with Crippen molar-refractivity contribution >= 4 is 23.5 Å². The summed E-state index contributed by atoms with van der Waals surface area (Å²) in [5, 5.41) is 0. The molecule has 0 radical (unpaired) electrons. The fraction of sp³-hybridized carbons (Fsp3) is 0.333. The van der Waals surface area contributed by atoms with Crippen molar-refractivity contribution in [2.45, 2.75) is 20.3 Å². The molecule has 9 heteroatoms. The van der Waals surface area contributed by atoms with Gasteiger partial charge < -0.3 is 23.2 Å². The van der Waals surface area contributed by atoms with Crippen molar-refractivity contribution in [3.63, 3.8) is 0 Å². The Kier molecular flexibility index (Phi) is 10.4. The van der Waals surface area contributed by atoms with Crippen molar-refractivity contribution in [3.8, 4) is 0 Å². The number of Topliss-reactive ketones (excluding diaryl/α,β-unsaturated/α-hetero) is 2. The molecule has 2 aromatic rings. The van der Waals surface area contributed by atoms with Gasteiger partial charge in [-0.3, -0.25) is 14.4 Å². The molecule has 9 nitrogen and oxygen atoms in total. The normalized spacial score (nSPS) is 10.5. The molecular formula is C21H25NO8. The minimum Gasteiger partial charge on any atom is -0.466 e. The molecule has 0 N–H and O–H groups in total. The number of furan rings is 2. The highest BCUT2D eigenvalue weighted by atomic mass is 16.5. The molecule has 0 saturated carbocycles. The van der Waals surface area contributed by atoms with Crippen LogP contribution in [-0.4, -0.2) is 55.7 Å². The number of rotatable bonds is 9. The van der Waals surface area contributed by atoms with Crippen LogP contribution in [0.5, 0.6) is 0 Å². The van der Waals surface area contributed by atoms with Gasteiger partial charge in [0, 0.05) is 20.3 Å². The Morgan fingerprint density at radius 1 is 0.933 bits per heavy atom. The van der Waals surface area contributed by atoms with Crippen LogP contribution >= 0.6 is 0 Å². The van der Waals surface area contributed by atoms with Crippen molar-refractivity contribution in [3.05, 3.63) is 60.1 Å². The van der Waals surface area contributed by atoms with Crippen LogP contribution in [0.15, 0.2) is 57.4 Å². The van der Waals surface area contributed by atoms with Crippen LogP contribution in [0, 0.1) is 0 Å². The SMILES string of the molecule is CCOC(=O)/C(=C\N(C)C)C(=O)c1ccco1.CCOC(=O)CC(=O)c1ccco1. The molecule has 2 aromatic heterocycles. The largest absolute Gasteiger partial charge is 0.466 e. The molecule has 0 bridgehead atoms. The van der Waals surface area contributed by atoms with E-state index in [2.05, 4.69) is 4.74 Å². The lowest BCUT2D eigenvalue weighted by Crippen LogP contribution is -2.19. The Hall–Kier alpha value is -3.62. The van der Waals surface area contributed by atoms with E-state index in [1.54, 1.807) is 45.0 Å². The Morgan fingerprint density at radius 3 is 1.97 bits per heavy atom. The van der Waals surface area contributed by atoms with Gasteiger partial charge >= 0.3 is 11.9 Å². The summed E-state index contributed by atoms with van der Waals surface area (Å²) >= 11 is 0. The summed E-state index contributed by atoms with van der Waals surface area (Å²) < 4.78 is 19.2. The van der Waals surface area contributed by atoms with Gasteiger partial charge in [-0.15, -0.1) is 0 Å². The second-order valence-electron chi connectivity index (χ2n) is 5.92. The van der Waals surface area contributed by atoms with Gasteiger partial charge in [0.05, 0.1) is 25.7 Å². The number of hydrogen-bond donors (Lipinski definition) is 0. The van der Waals surface area contributed by atoms with E-state index in [0.29, 0.717) is 0 Å². The van der Waals surface area contributed by atoms with Crippen LogP contribution in [-0.2, 0) is 19.1 Å². The van der Waals surface area contributed by atoms with Gasteiger partial charge in [-0.2, -0.15) is 0 Å². The molecule has 0 amide bonds. The number of esters is 2. The lowest BCUT2D eigenvalue weighted by molar-refractivity contribution is -0.142. The van der Waals surface area contributed by atoms with Crippen LogP contribution in [0.25, 0.3) is 0 Å². The lowest BCUT2D eigenvalue weighted by atomic mass is 10.1. The molecule has 2 heterocycles. The first-order valence-electron chi connectivity index (χ1n) is 9.16. The molecule has 0 atom stereocenters. The topological polar surface area (TPSA) is 116 Å². The number of carbonyl (C=O) groups is 4. The minimum atomic E-state index is -0.650. The predicted molar refractivity (Wildman–Crippen MR) is 106 cm³/mol. The molecule has 0 spiro atoms. The number of hydrogen-bond acceptors (Lipinski definition) is 9. The Bertz CT molecular complexity index is 848. The second kappa shape index (κ2) is 12.8. The van der Waals surface area contributed by atoms with Gasteiger partial charge in [0.25, 0.3) is 0 Å². The first kappa shape index (κ1) is 24.4. The number of nitrogens with zero attached hydrogens (tertiary/aromatic N) is 1. The van der Waals surface area contributed by atoms with Crippen molar-refractivity contribution < 1.29 is 37.5 Å². The Balaban J connectivity index is 0.000000311. The zero-order chi connectivity index (χ0) is 22.5. The summed E-state index contributed by atoms with van der Waals surface area (Å²) in [4.78, 5) is 47.3. The van der Waals surface area contributed by atoms with Crippen molar-refractivity contribution in [2.24, 2.45) is 0 Å². The van der Waals surface area contributed by atoms with E-state index in [9.17, 15) is 19.2 Å². The summed E-state index contributed by atoms with van der Waals surface area (Å²) in [6.07, 6.45) is 3.92. The lowest BCUT2D eigenvalue weighted by Gasteiger charge is -2.09. The van der Waals surface area contributed by atoms with Gasteiger partial charge in [0.15, 0.2) is 11.5 Å². The molecular weight excluding hydrogens is 394 g/mol. The highest BCUT2D eigenvalue weighted by molar-refractivity contribution is 6.23. The van der Waals surface area contributed by atoms with E-state index >= 15 is 0 Å². The number of carbonyl (C=O) groups excluding carboxylic acids is 4. The fourth-order valence-corrected chi connectivity index (χ4v) is 2.08. The fourth-order valence-electron chi connectivity index (χ4n) is 2.08. The maximum atomic E-state index is 12.0. The van der Waals surface area contributed by atoms with Crippen LogP contribution in [0.3, 0.4) is 0 Å². The highest BCUT2D eigenvalue weighted by Crippen LogP contribution is 2.11. The zero-order valence-corrected chi connectivity index (χ0v) is 17.4. The zero-order valence-electron chi connectivity index (χ0n) is 17.4. The highest BCUT2D eigenvalue weighted by Gasteiger charge is 2.23. The predicted octanol–water partition coefficient (Wildman–Crippen LogP) is 2.89. The molecule has 0 aromatic carbocycles. The van der Waals surface area contributed by atoms with E-state index in [4.69, 9.17) is 13.6 Å². The van der Waals surface area contributed by atoms with E-state index in [-0.39, 0.29) is 42.5 Å². The molecule has 162 valence electrons. The van der Waals surface area contributed by atoms with Gasteiger partial charge in [-0.05, 0) is 38.1 Å². The maximum Gasteiger partial charge on any atom is 0.343 e. The standard InChI is InChI=1S/C12H15NO4.C9H10O4/c1-4-16-12(15)9(8-13(2)3)11(14)10-6-5-7-17-10;1-2-12-9(11)6-7(10)8-4-3-5-13-8/h5-8H,4H2,1-3H3;3-5H,2,6H2,1H3/b9-8-;. The third-order valence-electron chi connectivity index (χ3n) is 3.28. The number of ketones is 2. The molecule has 0 saturated heterocycles. The van der Waals surface area contributed by atoms with E-state index in [1.807, 2.05) is 0 Å². The molecule has 2 rings (SSSR count). The first-order chi connectivity index (χ1) is 14.3. The molecule has 0 unspecified atom stereocenters. The first-order valence-corrected chi connectivity index (χ1v) is 9.16. The Labute approximate surface area is 174 Å². The van der Waals surface area contributed by atoms with E-state index < -0.39 is 17.7 Å². The monoisotopic (exact) mass is 419 g/mol. The molecule has 0 aliphatic rings. The molecule has 0 fully saturated rings. The van der Waals surface area contributed by atoms with Crippen LogP contribution in [0.2, 0.25) is 0 Å². The summed E-state index contributed by atoms with van der Waals surface area (Å²) in [7, 11) is 3.43. The van der Waals surface area contributed by atoms with Gasteiger partial charge in [-0.25, -0.2) is 4.79 Å². The van der Waals surface area contributed by atoms with Crippen LogP contribution < -0.4 is 0 Å². The van der Waals surface area contributed by atoms with Crippen molar-refractivity contribution in [1.82, 2.24) is 4.90 Å². The average molecular weight is 419 g/mol.